The minimum absolute atomic E-state index is 0.0307. The predicted molar refractivity (Wildman–Crippen MR) is 71.0 cm³/mol. The van der Waals surface area contributed by atoms with Gasteiger partial charge in [0.2, 0.25) is 5.28 Å². The zero-order valence-corrected chi connectivity index (χ0v) is 11.5. The van der Waals surface area contributed by atoms with E-state index in [4.69, 9.17) is 16.3 Å². The Kier molecular flexibility index (Phi) is 3.84. The van der Waals surface area contributed by atoms with E-state index >= 15 is 0 Å². The van der Waals surface area contributed by atoms with E-state index in [9.17, 15) is 4.79 Å². The molecular formula is C11H14ClN5O2. The molecule has 0 spiro atoms. The molecule has 0 aliphatic rings. The van der Waals surface area contributed by atoms with Crippen LogP contribution >= 0.6 is 11.6 Å². The standard InChI is InChI=1S/C11H14ClN5O2/c1-5(2)7(10(18)19-3)14-8-6-4-13-17-9(6)16-11(12)15-8/h4-5,7H,1-3H3,(H2,13,14,15,16,17). The molecule has 2 aromatic heterocycles. The summed E-state index contributed by atoms with van der Waals surface area (Å²) in [4.78, 5) is 19.8. The van der Waals surface area contributed by atoms with Gasteiger partial charge < -0.3 is 10.1 Å². The van der Waals surface area contributed by atoms with Crippen molar-refractivity contribution in [3.05, 3.63) is 11.5 Å². The lowest BCUT2D eigenvalue weighted by molar-refractivity contribution is -0.142. The predicted octanol–water partition coefficient (Wildman–Crippen LogP) is 1.62. The van der Waals surface area contributed by atoms with Crippen LogP contribution in [0.2, 0.25) is 5.28 Å². The Morgan fingerprint density at radius 1 is 1.47 bits per heavy atom. The van der Waals surface area contributed by atoms with Gasteiger partial charge in [0.25, 0.3) is 0 Å². The number of methoxy groups -OCH3 is 1. The summed E-state index contributed by atoms with van der Waals surface area (Å²) in [5.41, 5.74) is 0.509. The summed E-state index contributed by atoms with van der Waals surface area (Å²) in [6.45, 7) is 3.81. The van der Waals surface area contributed by atoms with Crippen molar-refractivity contribution in [1.82, 2.24) is 20.2 Å². The summed E-state index contributed by atoms with van der Waals surface area (Å²) in [6.07, 6.45) is 1.57. The maximum atomic E-state index is 11.7. The Morgan fingerprint density at radius 2 is 2.21 bits per heavy atom. The number of halogens is 1. The molecule has 2 N–H and O–H groups in total. The number of hydrogen-bond acceptors (Lipinski definition) is 6. The van der Waals surface area contributed by atoms with Crippen LogP contribution in [0.1, 0.15) is 13.8 Å². The second-order valence-electron chi connectivity index (χ2n) is 4.36. The molecular weight excluding hydrogens is 270 g/mol. The van der Waals surface area contributed by atoms with Crippen molar-refractivity contribution >= 4 is 34.4 Å². The van der Waals surface area contributed by atoms with Gasteiger partial charge in [0, 0.05) is 0 Å². The lowest BCUT2D eigenvalue weighted by atomic mass is 10.0. The minimum atomic E-state index is -0.519. The SMILES string of the molecule is COC(=O)C(Nc1nc(Cl)nc2[nH]ncc12)C(C)C. The summed E-state index contributed by atoms with van der Waals surface area (Å²) in [5.74, 6) is 0.123. The Balaban J connectivity index is 2.38. The molecule has 2 aromatic rings. The number of esters is 1. The van der Waals surface area contributed by atoms with Crippen molar-refractivity contribution in [2.24, 2.45) is 5.92 Å². The number of anilines is 1. The highest BCUT2D eigenvalue weighted by Gasteiger charge is 2.24. The van der Waals surface area contributed by atoms with Gasteiger partial charge in [0.05, 0.1) is 18.7 Å². The molecule has 0 bridgehead atoms. The van der Waals surface area contributed by atoms with Gasteiger partial charge in [0.1, 0.15) is 11.9 Å². The molecule has 19 heavy (non-hydrogen) atoms. The molecule has 0 saturated heterocycles. The van der Waals surface area contributed by atoms with E-state index in [1.807, 2.05) is 13.8 Å². The van der Waals surface area contributed by atoms with Gasteiger partial charge in [-0.1, -0.05) is 13.8 Å². The van der Waals surface area contributed by atoms with Gasteiger partial charge in [-0.05, 0) is 17.5 Å². The quantitative estimate of drug-likeness (QED) is 0.654. The van der Waals surface area contributed by atoms with Crippen LogP contribution in [0.15, 0.2) is 6.20 Å². The number of fused-ring (bicyclic) bond motifs is 1. The van der Waals surface area contributed by atoms with Crippen LogP contribution in [-0.4, -0.2) is 39.3 Å². The van der Waals surface area contributed by atoms with E-state index in [1.54, 1.807) is 6.20 Å². The Morgan fingerprint density at radius 3 is 2.84 bits per heavy atom. The molecule has 102 valence electrons. The summed E-state index contributed by atoms with van der Waals surface area (Å²) in [5, 5.41) is 10.4. The number of nitrogens with zero attached hydrogens (tertiary/aromatic N) is 3. The third kappa shape index (κ3) is 2.76. The largest absolute Gasteiger partial charge is 0.467 e. The summed E-state index contributed by atoms with van der Waals surface area (Å²) in [7, 11) is 1.35. The molecule has 2 heterocycles. The number of aromatic amines is 1. The number of ether oxygens (including phenoxy) is 1. The molecule has 7 nitrogen and oxygen atoms in total. The number of carbonyl (C=O) groups is 1. The molecule has 0 amide bonds. The molecule has 0 aliphatic carbocycles. The number of H-pyrrole nitrogens is 1. The first-order valence-corrected chi connectivity index (χ1v) is 6.11. The second-order valence-corrected chi connectivity index (χ2v) is 4.70. The average Bonchev–Trinajstić information content (AvgIpc) is 2.82. The van der Waals surface area contributed by atoms with Crippen molar-refractivity contribution in [1.29, 1.82) is 0 Å². The highest BCUT2D eigenvalue weighted by atomic mass is 35.5. The first-order chi connectivity index (χ1) is 9.02. The van der Waals surface area contributed by atoms with Crippen LogP contribution in [-0.2, 0) is 9.53 Å². The van der Waals surface area contributed by atoms with Crippen LogP contribution in [0.4, 0.5) is 5.82 Å². The Labute approximate surface area is 114 Å². The van der Waals surface area contributed by atoms with Crippen molar-refractivity contribution in [3.8, 4) is 0 Å². The smallest absolute Gasteiger partial charge is 0.328 e. The fourth-order valence-corrected chi connectivity index (χ4v) is 1.86. The third-order valence-electron chi connectivity index (χ3n) is 2.70. The summed E-state index contributed by atoms with van der Waals surface area (Å²) < 4.78 is 4.77. The van der Waals surface area contributed by atoms with Gasteiger partial charge in [-0.15, -0.1) is 0 Å². The zero-order valence-electron chi connectivity index (χ0n) is 10.8. The number of hydrogen-bond donors (Lipinski definition) is 2. The summed E-state index contributed by atoms with van der Waals surface area (Å²) in [6, 6.07) is -0.519. The van der Waals surface area contributed by atoms with E-state index in [0.29, 0.717) is 16.9 Å². The highest BCUT2D eigenvalue weighted by molar-refractivity contribution is 6.28. The van der Waals surface area contributed by atoms with E-state index < -0.39 is 6.04 Å². The van der Waals surface area contributed by atoms with Crippen molar-refractivity contribution < 1.29 is 9.53 Å². The number of carbonyl (C=O) groups excluding carboxylic acids is 1. The first-order valence-electron chi connectivity index (χ1n) is 5.74. The molecule has 1 atom stereocenters. The van der Waals surface area contributed by atoms with Gasteiger partial charge in [-0.3, -0.25) is 5.10 Å². The zero-order chi connectivity index (χ0) is 14.0. The van der Waals surface area contributed by atoms with Gasteiger partial charge in [0.15, 0.2) is 5.65 Å². The number of nitrogens with one attached hydrogen (secondary N) is 2. The fraction of sp³-hybridized carbons (Fsp3) is 0.455. The monoisotopic (exact) mass is 283 g/mol. The molecule has 2 rings (SSSR count). The van der Waals surface area contributed by atoms with E-state index in [1.165, 1.54) is 7.11 Å². The third-order valence-corrected chi connectivity index (χ3v) is 2.87. The highest BCUT2D eigenvalue weighted by Crippen LogP contribution is 2.22. The van der Waals surface area contributed by atoms with Crippen molar-refractivity contribution in [3.63, 3.8) is 0 Å². The average molecular weight is 284 g/mol. The fourth-order valence-electron chi connectivity index (χ4n) is 1.69. The van der Waals surface area contributed by atoms with E-state index in [0.717, 1.165) is 0 Å². The van der Waals surface area contributed by atoms with Gasteiger partial charge in [-0.25, -0.2) is 4.79 Å². The van der Waals surface area contributed by atoms with Crippen LogP contribution in [0, 0.1) is 5.92 Å². The second kappa shape index (κ2) is 5.40. The number of aromatic nitrogens is 4. The molecule has 0 fully saturated rings. The minimum Gasteiger partial charge on any atom is -0.467 e. The Bertz CT molecular complexity index is 598. The maximum absolute atomic E-state index is 11.7. The van der Waals surface area contributed by atoms with Crippen LogP contribution in [0.3, 0.4) is 0 Å². The topological polar surface area (TPSA) is 92.8 Å². The normalized spacial score (nSPS) is 12.7. The molecule has 8 heteroatoms. The van der Waals surface area contributed by atoms with Gasteiger partial charge in [-0.2, -0.15) is 15.1 Å². The maximum Gasteiger partial charge on any atom is 0.328 e. The lowest BCUT2D eigenvalue weighted by Gasteiger charge is -2.20. The van der Waals surface area contributed by atoms with Crippen LogP contribution in [0.5, 0.6) is 0 Å². The number of rotatable bonds is 4. The Hall–Kier alpha value is -1.89. The van der Waals surface area contributed by atoms with Crippen molar-refractivity contribution in [2.45, 2.75) is 19.9 Å². The molecule has 0 aliphatic heterocycles. The van der Waals surface area contributed by atoms with Crippen molar-refractivity contribution in [2.75, 3.05) is 12.4 Å². The van der Waals surface area contributed by atoms with Crippen LogP contribution in [0.25, 0.3) is 11.0 Å². The van der Waals surface area contributed by atoms with Gasteiger partial charge >= 0.3 is 5.97 Å². The molecule has 0 radical (unpaired) electrons. The first kappa shape index (κ1) is 13.5. The molecule has 1 unspecified atom stereocenters. The van der Waals surface area contributed by atoms with E-state index in [2.05, 4.69) is 25.5 Å². The lowest BCUT2D eigenvalue weighted by Crippen LogP contribution is -2.35. The molecule has 0 aromatic carbocycles. The van der Waals surface area contributed by atoms with E-state index in [-0.39, 0.29) is 17.2 Å². The molecule has 0 saturated carbocycles. The van der Waals surface area contributed by atoms with Crippen LogP contribution < -0.4 is 5.32 Å². The summed E-state index contributed by atoms with van der Waals surface area (Å²) >= 11 is 5.83.